The van der Waals surface area contributed by atoms with Crippen molar-refractivity contribution < 1.29 is 9.53 Å². The number of hydrogen-bond acceptors (Lipinski definition) is 8. The second-order valence-electron chi connectivity index (χ2n) is 5.92. The summed E-state index contributed by atoms with van der Waals surface area (Å²) in [7, 11) is 1.32. The molecule has 25 heavy (non-hydrogen) atoms. The maximum absolute atomic E-state index is 11.4. The monoisotopic (exact) mass is 342 g/mol. The van der Waals surface area contributed by atoms with Crippen LogP contribution in [0.4, 0.5) is 11.6 Å². The van der Waals surface area contributed by atoms with E-state index < -0.39 is 5.97 Å². The van der Waals surface area contributed by atoms with E-state index in [1.54, 1.807) is 18.5 Å². The Balaban J connectivity index is 1.54. The molecule has 0 aliphatic carbocycles. The molecule has 1 fully saturated rings. The summed E-state index contributed by atoms with van der Waals surface area (Å²) in [4.78, 5) is 22.3. The van der Waals surface area contributed by atoms with Crippen molar-refractivity contribution in [1.29, 1.82) is 0 Å². The van der Waals surface area contributed by atoms with E-state index in [9.17, 15) is 4.79 Å². The van der Waals surface area contributed by atoms with Crippen LogP contribution < -0.4 is 10.2 Å². The molecule has 8 nitrogen and oxygen atoms in total. The van der Waals surface area contributed by atoms with Gasteiger partial charge in [0.05, 0.1) is 7.11 Å². The van der Waals surface area contributed by atoms with Gasteiger partial charge in [0, 0.05) is 30.9 Å². The van der Waals surface area contributed by atoms with E-state index in [1.165, 1.54) is 7.11 Å². The molecular weight excluding hydrogens is 320 g/mol. The molecule has 1 N–H and O–H groups in total. The first-order valence-electron chi connectivity index (χ1n) is 8.44. The Morgan fingerprint density at radius 2 is 2.08 bits per heavy atom. The lowest BCUT2D eigenvalue weighted by molar-refractivity contribution is 0.0593. The van der Waals surface area contributed by atoms with Gasteiger partial charge in [0.15, 0.2) is 5.69 Å². The fraction of sp³-hybridized carbons (Fsp3) is 0.471. The predicted octanol–water partition coefficient (Wildman–Crippen LogP) is 1.70. The lowest BCUT2D eigenvalue weighted by Crippen LogP contribution is -2.39. The van der Waals surface area contributed by atoms with Crippen LogP contribution in [0.1, 0.15) is 35.9 Å². The van der Waals surface area contributed by atoms with Crippen LogP contribution in [-0.4, -0.2) is 52.4 Å². The first kappa shape index (κ1) is 17.1. The van der Waals surface area contributed by atoms with Gasteiger partial charge in [0.2, 0.25) is 0 Å². The number of aryl methyl sites for hydroxylation is 1. The van der Waals surface area contributed by atoms with E-state index in [1.807, 2.05) is 0 Å². The summed E-state index contributed by atoms with van der Waals surface area (Å²) in [5, 5.41) is 11.3. The number of rotatable bonds is 5. The highest BCUT2D eigenvalue weighted by Gasteiger charge is 2.21. The topological polar surface area (TPSA) is 93.1 Å². The second kappa shape index (κ2) is 7.87. The molecule has 0 amide bonds. The Morgan fingerprint density at radius 3 is 2.72 bits per heavy atom. The summed E-state index contributed by atoms with van der Waals surface area (Å²) in [6, 6.07) is 5.75. The number of nitrogens with zero attached hydrogens (tertiary/aromatic N) is 5. The lowest BCUT2D eigenvalue weighted by atomic mass is 10.0. The Morgan fingerprint density at radius 1 is 1.28 bits per heavy atom. The second-order valence-corrected chi connectivity index (χ2v) is 5.92. The number of aromatic nitrogens is 4. The molecule has 8 heteroatoms. The van der Waals surface area contributed by atoms with Crippen LogP contribution in [-0.2, 0) is 11.2 Å². The van der Waals surface area contributed by atoms with Gasteiger partial charge >= 0.3 is 5.97 Å². The van der Waals surface area contributed by atoms with Crippen molar-refractivity contribution >= 4 is 17.6 Å². The van der Waals surface area contributed by atoms with Crippen molar-refractivity contribution in [1.82, 2.24) is 20.2 Å². The molecule has 1 aliphatic heterocycles. The van der Waals surface area contributed by atoms with Crippen LogP contribution in [0.2, 0.25) is 0 Å². The molecule has 2 aromatic rings. The van der Waals surface area contributed by atoms with Gasteiger partial charge in [-0.25, -0.2) is 14.8 Å². The molecule has 1 aliphatic rings. The zero-order valence-corrected chi connectivity index (χ0v) is 14.5. The molecule has 1 saturated heterocycles. The van der Waals surface area contributed by atoms with Crippen molar-refractivity contribution in [3.05, 3.63) is 35.9 Å². The van der Waals surface area contributed by atoms with Gasteiger partial charge in [-0.05, 0) is 31.4 Å². The first-order chi connectivity index (χ1) is 12.2. The highest BCUT2D eigenvalue weighted by atomic mass is 16.5. The zero-order chi connectivity index (χ0) is 17.6. The standard InChI is InChI=1S/C17H22N6O2/c1-3-12-10-16(19-11-18-12)23-8-6-13(7-9-23)20-15-5-4-14(21-22-15)17(24)25-2/h4-5,10-11,13H,3,6-9H2,1-2H3,(H,20,22). The molecule has 0 bridgehead atoms. The van der Waals surface area contributed by atoms with Gasteiger partial charge < -0.3 is 15.0 Å². The molecule has 3 rings (SSSR count). The van der Waals surface area contributed by atoms with E-state index in [2.05, 4.69) is 48.1 Å². The van der Waals surface area contributed by atoms with Crippen LogP contribution in [0.15, 0.2) is 24.5 Å². The number of hydrogen-bond donors (Lipinski definition) is 1. The summed E-state index contributed by atoms with van der Waals surface area (Å²) in [5.41, 5.74) is 1.27. The van der Waals surface area contributed by atoms with Crippen LogP contribution in [0.25, 0.3) is 0 Å². The zero-order valence-electron chi connectivity index (χ0n) is 14.5. The third kappa shape index (κ3) is 4.20. The molecular formula is C17H22N6O2. The van der Waals surface area contributed by atoms with Crippen LogP contribution in [0.3, 0.4) is 0 Å². The van der Waals surface area contributed by atoms with Crippen LogP contribution in [0, 0.1) is 0 Å². The number of ether oxygens (including phenoxy) is 1. The SMILES string of the molecule is CCc1cc(N2CCC(Nc3ccc(C(=O)OC)nn3)CC2)ncn1. The number of methoxy groups -OCH3 is 1. The van der Waals surface area contributed by atoms with Gasteiger partial charge in [0.1, 0.15) is 18.0 Å². The fourth-order valence-electron chi connectivity index (χ4n) is 2.84. The van der Waals surface area contributed by atoms with Gasteiger partial charge in [-0.2, -0.15) is 0 Å². The van der Waals surface area contributed by atoms with Crippen molar-refractivity contribution in [2.75, 3.05) is 30.4 Å². The highest BCUT2D eigenvalue weighted by Crippen LogP contribution is 2.20. The van der Waals surface area contributed by atoms with Gasteiger partial charge in [-0.15, -0.1) is 10.2 Å². The normalized spacial score (nSPS) is 15.0. The molecule has 0 spiro atoms. The summed E-state index contributed by atoms with van der Waals surface area (Å²) in [6.45, 7) is 3.94. The summed E-state index contributed by atoms with van der Waals surface area (Å²) < 4.78 is 4.62. The number of carbonyl (C=O) groups excluding carboxylic acids is 1. The largest absolute Gasteiger partial charge is 0.464 e. The van der Waals surface area contributed by atoms with E-state index in [0.717, 1.165) is 43.9 Å². The quantitative estimate of drug-likeness (QED) is 0.821. The van der Waals surface area contributed by atoms with E-state index in [0.29, 0.717) is 11.9 Å². The number of nitrogens with one attached hydrogen (secondary N) is 1. The number of anilines is 2. The minimum atomic E-state index is -0.483. The molecule has 0 unspecified atom stereocenters. The van der Waals surface area contributed by atoms with Crippen molar-refractivity contribution in [2.24, 2.45) is 0 Å². The Bertz CT molecular complexity index is 713. The highest BCUT2D eigenvalue weighted by molar-refractivity contribution is 5.86. The molecule has 0 radical (unpaired) electrons. The maximum atomic E-state index is 11.4. The summed E-state index contributed by atoms with van der Waals surface area (Å²) in [5.74, 6) is 1.18. The van der Waals surface area contributed by atoms with Crippen molar-refractivity contribution in [3.63, 3.8) is 0 Å². The van der Waals surface area contributed by atoms with E-state index in [4.69, 9.17) is 0 Å². The smallest absolute Gasteiger partial charge is 0.358 e. The van der Waals surface area contributed by atoms with E-state index in [-0.39, 0.29) is 5.69 Å². The average Bonchev–Trinajstić information content (AvgIpc) is 2.68. The lowest BCUT2D eigenvalue weighted by Gasteiger charge is -2.33. The van der Waals surface area contributed by atoms with E-state index >= 15 is 0 Å². The molecule has 0 saturated carbocycles. The van der Waals surface area contributed by atoms with Crippen molar-refractivity contribution in [3.8, 4) is 0 Å². The molecule has 0 atom stereocenters. The number of piperidine rings is 1. The Labute approximate surface area is 146 Å². The molecule has 2 aromatic heterocycles. The number of esters is 1. The minimum absolute atomic E-state index is 0.207. The first-order valence-corrected chi connectivity index (χ1v) is 8.44. The molecule has 3 heterocycles. The number of carbonyl (C=O) groups is 1. The molecule has 0 aromatic carbocycles. The fourth-order valence-corrected chi connectivity index (χ4v) is 2.84. The predicted molar refractivity (Wildman–Crippen MR) is 93.6 cm³/mol. The summed E-state index contributed by atoms with van der Waals surface area (Å²) >= 11 is 0. The summed E-state index contributed by atoms with van der Waals surface area (Å²) in [6.07, 6.45) is 4.50. The van der Waals surface area contributed by atoms with Gasteiger partial charge in [0.25, 0.3) is 0 Å². The Hall–Kier alpha value is -2.77. The third-order valence-corrected chi connectivity index (χ3v) is 4.30. The Kier molecular flexibility index (Phi) is 5.37. The van der Waals surface area contributed by atoms with Crippen LogP contribution >= 0.6 is 0 Å². The van der Waals surface area contributed by atoms with Crippen molar-refractivity contribution in [2.45, 2.75) is 32.2 Å². The van der Waals surface area contributed by atoms with Gasteiger partial charge in [-0.1, -0.05) is 6.92 Å². The third-order valence-electron chi connectivity index (χ3n) is 4.30. The average molecular weight is 342 g/mol. The maximum Gasteiger partial charge on any atom is 0.358 e. The van der Waals surface area contributed by atoms with Gasteiger partial charge in [-0.3, -0.25) is 0 Å². The molecule has 132 valence electrons. The van der Waals surface area contributed by atoms with Crippen LogP contribution in [0.5, 0.6) is 0 Å². The minimum Gasteiger partial charge on any atom is -0.464 e.